The molecule has 1 N–H and O–H groups in total. The van der Waals surface area contributed by atoms with Gasteiger partial charge in [-0.25, -0.2) is 0 Å². The van der Waals surface area contributed by atoms with Crippen LogP contribution in [0.15, 0.2) is 35.4 Å². The average Bonchev–Trinajstić information content (AvgIpc) is 2.26. The summed E-state index contributed by atoms with van der Waals surface area (Å²) in [6.45, 7) is 1.88. The zero-order valence-corrected chi connectivity index (χ0v) is 8.04. The SMILES string of the molecule is CCC(N=[N+]=[N-])C(O)c1ccccc1. The van der Waals surface area contributed by atoms with Gasteiger partial charge in [0.15, 0.2) is 0 Å². The van der Waals surface area contributed by atoms with Gasteiger partial charge in [0.2, 0.25) is 0 Å². The average molecular weight is 191 g/mol. The van der Waals surface area contributed by atoms with Crippen LogP contribution in [0.25, 0.3) is 10.4 Å². The fourth-order valence-corrected chi connectivity index (χ4v) is 1.31. The highest BCUT2D eigenvalue weighted by Crippen LogP contribution is 2.20. The lowest BCUT2D eigenvalue weighted by Crippen LogP contribution is -2.14. The minimum Gasteiger partial charge on any atom is -0.388 e. The van der Waals surface area contributed by atoms with Crippen molar-refractivity contribution in [3.05, 3.63) is 46.3 Å². The molecule has 14 heavy (non-hydrogen) atoms. The molecule has 0 aliphatic rings. The van der Waals surface area contributed by atoms with Gasteiger partial charge in [-0.15, -0.1) is 0 Å². The molecule has 0 bridgehead atoms. The second-order valence-corrected chi connectivity index (χ2v) is 3.04. The van der Waals surface area contributed by atoms with E-state index in [1.54, 1.807) is 0 Å². The van der Waals surface area contributed by atoms with Gasteiger partial charge in [-0.2, -0.15) is 0 Å². The molecule has 0 heterocycles. The standard InChI is InChI=1S/C10H13N3O/c1-2-9(12-13-11)10(14)8-6-4-3-5-7-8/h3-7,9-10,14H,2H2,1H3. The highest BCUT2D eigenvalue weighted by Gasteiger charge is 2.16. The first kappa shape index (κ1) is 10.6. The molecule has 2 unspecified atom stereocenters. The van der Waals surface area contributed by atoms with E-state index in [-0.39, 0.29) is 6.04 Å². The van der Waals surface area contributed by atoms with Crippen LogP contribution in [0.1, 0.15) is 25.0 Å². The quantitative estimate of drug-likeness (QED) is 0.443. The van der Waals surface area contributed by atoms with Crippen LogP contribution in [-0.2, 0) is 0 Å². The first-order valence-electron chi connectivity index (χ1n) is 4.56. The van der Waals surface area contributed by atoms with Crippen molar-refractivity contribution in [1.82, 2.24) is 0 Å². The van der Waals surface area contributed by atoms with Gasteiger partial charge in [-0.3, -0.25) is 0 Å². The number of rotatable bonds is 4. The van der Waals surface area contributed by atoms with Crippen LogP contribution in [0.5, 0.6) is 0 Å². The van der Waals surface area contributed by atoms with Gasteiger partial charge in [-0.05, 0) is 17.5 Å². The van der Waals surface area contributed by atoms with Crippen molar-refractivity contribution in [2.75, 3.05) is 0 Å². The van der Waals surface area contributed by atoms with Crippen LogP contribution in [0, 0.1) is 0 Å². The maximum atomic E-state index is 9.85. The molecule has 0 saturated carbocycles. The van der Waals surface area contributed by atoms with E-state index in [0.29, 0.717) is 6.42 Å². The van der Waals surface area contributed by atoms with E-state index < -0.39 is 6.10 Å². The van der Waals surface area contributed by atoms with E-state index in [4.69, 9.17) is 5.53 Å². The van der Waals surface area contributed by atoms with Crippen molar-refractivity contribution in [2.24, 2.45) is 5.11 Å². The monoisotopic (exact) mass is 191 g/mol. The largest absolute Gasteiger partial charge is 0.388 e. The first-order valence-corrected chi connectivity index (χ1v) is 4.56. The van der Waals surface area contributed by atoms with Crippen LogP contribution in [-0.4, -0.2) is 11.1 Å². The van der Waals surface area contributed by atoms with Gasteiger partial charge in [0.25, 0.3) is 0 Å². The van der Waals surface area contributed by atoms with Gasteiger partial charge < -0.3 is 5.11 Å². The number of benzene rings is 1. The molecule has 0 spiro atoms. The summed E-state index contributed by atoms with van der Waals surface area (Å²) in [6, 6.07) is 8.83. The Morgan fingerprint density at radius 2 is 2.07 bits per heavy atom. The van der Waals surface area contributed by atoms with E-state index >= 15 is 0 Å². The van der Waals surface area contributed by atoms with Crippen molar-refractivity contribution in [3.8, 4) is 0 Å². The molecular formula is C10H13N3O. The Balaban J connectivity index is 2.82. The van der Waals surface area contributed by atoms with Gasteiger partial charge in [0.1, 0.15) is 0 Å². The van der Waals surface area contributed by atoms with Crippen molar-refractivity contribution >= 4 is 0 Å². The Hall–Kier alpha value is -1.51. The van der Waals surface area contributed by atoms with Gasteiger partial charge >= 0.3 is 0 Å². The molecule has 74 valence electrons. The molecule has 0 aromatic heterocycles. The fourth-order valence-electron chi connectivity index (χ4n) is 1.31. The van der Waals surface area contributed by atoms with Crippen LogP contribution >= 0.6 is 0 Å². The normalized spacial score (nSPS) is 14.1. The molecule has 4 heteroatoms. The predicted octanol–water partition coefficient (Wildman–Crippen LogP) is 2.81. The van der Waals surface area contributed by atoms with Crippen LogP contribution < -0.4 is 0 Å². The molecule has 0 fully saturated rings. The van der Waals surface area contributed by atoms with Crippen LogP contribution in [0.2, 0.25) is 0 Å². The number of aliphatic hydroxyl groups is 1. The summed E-state index contributed by atoms with van der Waals surface area (Å²) in [5.74, 6) is 0. The first-order chi connectivity index (χ1) is 6.79. The molecule has 4 nitrogen and oxygen atoms in total. The van der Waals surface area contributed by atoms with Gasteiger partial charge in [0, 0.05) is 4.91 Å². The summed E-state index contributed by atoms with van der Waals surface area (Å²) in [6.07, 6.45) is -0.0859. The summed E-state index contributed by atoms with van der Waals surface area (Å²) in [4.78, 5) is 2.72. The number of hydrogen-bond donors (Lipinski definition) is 1. The Morgan fingerprint density at radius 3 is 2.57 bits per heavy atom. The molecule has 2 atom stereocenters. The van der Waals surface area contributed by atoms with Gasteiger partial charge in [-0.1, -0.05) is 42.4 Å². The molecule has 1 aromatic carbocycles. The lowest BCUT2D eigenvalue weighted by atomic mass is 10.0. The van der Waals surface area contributed by atoms with E-state index in [9.17, 15) is 5.11 Å². The summed E-state index contributed by atoms with van der Waals surface area (Å²) >= 11 is 0. The maximum absolute atomic E-state index is 9.85. The van der Waals surface area contributed by atoms with E-state index in [1.807, 2.05) is 37.3 Å². The summed E-state index contributed by atoms with van der Waals surface area (Å²) in [5.41, 5.74) is 9.09. The van der Waals surface area contributed by atoms with E-state index in [1.165, 1.54) is 0 Å². The summed E-state index contributed by atoms with van der Waals surface area (Å²) in [7, 11) is 0. The molecule has 0 aliphatic carbocycles. The summed E-state index contributed by atoms with van der Waals surface area (Å²) < 4.78 is 0. The Morgan fingerprint density at radius 1 is 1.43 bits per heavy atom. The molecule has 1 aromatic rings. The molecule has 0 amide bonds. The number of azide groups is 1. The minimum absolute atomic E-state index is 0.387. The highest BCUT2D eigenvalue weighted by atomic mass is 16.3. The maximum Gasteiger partial charge on any atom is 0.0874 e. The number of hydrogen-bond acceptors (Lipinski definition) is 2. The Kier molecular flexibility index (Phi) is 3.98. The van der Waals surface area contributed by atoms with Crippen molar-refractivity contribution in [3.63, 3.8) is 0 Å². The van der Waals surface area contributed by atoms with Crippen LogP contribution in [0.3, 0.4) is 0 Å². The third kappa shape index (κ3) is 2.49. The minimum atomic E-state index is -0.711. The van der Waals surface area contributed by atoms with Gasteiger partial charge in [0.05, 0.1) is 12.1 Å². The smallest absolute Gasteiger partial charge is 0.0874 e. The highest BCUT2D eigenvalue weighted by molar-refractivity contribution is 5.18. The fraction of sp³-hybridized carbons (Fsp3) is 0.400. The lowest BCUT2D eigenvalue weighted by Gasteiger charge is -2.16. The molecule has 0 saturated heterocycles. The molecule has 0 aliphatic heterocycles. The van der Waals surface area contributed by atoms with Crippen molar-refractivity contribution in [1.29, 1.82) is 0 Å². The molecule has 1 rings (SSSR count). The van der Waals surface area contributed by atoms with E-state index in [2.05, 4.69) is 10.0 Å². The third-order valence-electron chi connectivity index (χ3n) is 2.12. The Bertz CT molecular complexity index is 319. The van der Waals surface area contributed by atoms with E-state index in [0.717, 1.165) is 5.56 Å². The topological polar surface area (TPSA) is 69.0 Å². The number of aliphatic hydroxyl groups excluding tert-OH is 1. The predicted molar refractivity (Wildman–Crippen MR) is 54.6 cm³/mol. The third-order valence-corrected chi connectivity index (χ3v) is 2.12. The summed E-state index contributed by atoms with van der Waals surface area (Å²) in [5, 5.41) is 13.4. The second-order valence-electron chi connectivity index (χ2n) is 3.04. The van der Waals surface area contributed by atoms with Crippen LogP contribution in [0.4, 0.5) is 0 Å². The van der Waals surface area contributed by atoms with Crippen molar-refractivity contribution < 1.29 is 5.11 Å². The zero-order valence-electron chi connectivity index (χ0n) is 8.04. The van der Waals surface area contributed by atoms with Crippen molar-refractivity contribution in [2.45, 2.75) is 25.5 Å². The number of nitrogens with zero attached hydrogens (tertiary/aromatic N) is 3. The lowest BCUT2D eigenvalue weighted by molar-refractivity contribution is 0.144. The second kappa shape index (κ2) is 5.27. The Labute approximate surface area is 82.8 Å². The molecular weight excluding hydrogens is 178 g/mol. The molecule has 0 radical (unpaired) electrons. The zero-order chi connectivity index (χ0) is 10.4.